The molecule has 1 aliphatic carbocycles. The van der Waals surface area contributed by atoms with Crippen LogP contribution in [0.2, 0.25) is 0 Å². The number of anilines is 1. The summed E-state index contributed by atoms with van der Waals surface area (Å²) in [4.78, 5) is 5.21. The van der Waals surface area contributed by atoms with E-state index < -0.39 is 0 Å². The van der Waals surface area contributed by atoms with E-state index in [2.05, 4.69) is 34.9 Å². The summed E-state index contributed by atoms with van der Waals surface area (Å²) in [6.45, 7) is 7.05. The molecule has 1 heterocycles. The summed E-state index contributed by atoms with van der Waals surface area (Å²) < 4.78 is 5.50. The van der Waals surface area contributed by atoms with E-state index in [9.17, 15) is 0 Å². The molecule has 21 heavy (non-hydrogen) atoms. The van der Waals surface area contributed by atoms with Crippen molar-refractivity contribution in [3.63, 3.8) is 0 Å². The van der Waals surface area contributed by atoms with Crippen LogP contribution in [-0.4, -0.2) is 44.2 Å². The Morgan fingerprint density at radius 3 is 2.43 bits per heavy atom. The maximum atomic E-state index is 5.50. The minimum Gasteiger partial charge on any atom is -0.495 e. The van der Waals surface area contributed by atoms with E-state index in [0.717, 1.165) is 30.8 Å². The van der Waals surface area contributed by atoms with Crippen LogP contribution in [-0.2, 0) is 0 Å². The van der Waals surface area contributed by atoms with Crippen molar-refractivity contribution in [1.82, 2.24) is 4.90 Å². The molecule has 1 saturated carbocycles. The molecular weight excluding hydrogens is 260 g/mol. The van der Waals surface area contributed by atoms with E-state index in [0.29, 0.717) is 0 Å². The summed E-state index contributed by atoms with van der Waals surface area (Å²) in [5, 5.41) is 0. The summed E-state index contributed by atoms with van der Waals surface area (Å²) in [6.07, 6.45) is 5.66. The fourth-order valence-electron chi connectivity index (χ4n) is 4.02. The highest BCUT2D eigenvalue weighted by atomic mass is 16.5. The second kappa shape index (κ2) is 6.69. The number of piperazine rings is 1. The Balaban J connectivity index is 1.62. The average Bonchev–Trinajstić information content (AvgIpc) is 2.55. The van der Waals surface area contributed by atoms with Gasteiger partial charge in [0.25, 0.3) is 0 Å². The van der Waals surface area contributed by atoms with Gasteiger partial charge in [0.1, 0.15) is 5.75 Å². The van der Waals surface area contributed by atoms with Crippen molar-refractivity contribution in [2.24, 2.45) is 5.92 Å². The zero-order valence-corrected chi connectivity index (χ0v) is 13.4. The van der Waals surface area contributed by atoms with E-state index in [1.165, 1.54) is 44.5 Å². The number of hydrogen-bond acceptors (Lipinski definition) is 3. The van der Waals surface area contributed by atoms with Crippen molar-refractivity contribution < 1.29 is 4.74 Å². The molecule has 0 bridgehead atoms. The van der Waals surface area contributed by atoms with E-state index >= 15 is 0 Å². The topological polar surface area (TPSA) is 15.7 Å². The van der Waals surface area contributed by atoms with Gasteiger partial charge in [-0.05, 0) is 30.9 Å². The fraction of sp³-hybridized carbons (Fsp3) is 0.667. The third-order valence-corrected chi connectivity index (χ3v) is 5.28. The van der Waals surface area contributed by atoms with Crippen molar-refractivity contribution in [2.75, 3.05) is 38.2 Å². The van der Waals surface area contributed by atoms with Crippen LogP contribution in [0.5, 0.6) is 5.75 Å². The number of nitrogens with zero attached hydrogens (tertiary/aromatic N) is 2. The lowest BCUT2D eigenvalue weighted by Crippen LogP contribution is -2.52. The lowest BCUT2D eigenvalue weighted by atomic mass is 9.84. The number of hydrogen-bond donors (Lipinski definition) is 0. The third-order valence-electron chi connectivity index (χ3n) is 5.28. The Kier molecular flexibility index (Phi) is 4.69. The number of ether oxygens (including phenoxy) is 1. The highest BCUT2D eigenvalue weighted by Crippen LogP contribution is 2.31. The Hall–Kier alpha value is -1.22. The Morgan fingerprint density at radius 2 is 1.71 bits per heavy atom. The van der Waals surface area contributed by atoms with E-state index in [-0.39, 0.29) is 0 Å². The molecule has 2 atom stereocenters. The molecule has 1 aliphatic heterocycles. The van der Waals surface area contributed by atoms with Gasteiger partial charge in [0.05, 0.1) is 12.8 Å². The second-order valence-electron chi connectivity index (χ2n) is 6.52. The predicted octanol–water partition coefficient (Wildman–Crippen LogP) is 3.40. The molecule has 0 radical (unpaired) electrons. The second-order valence-corrected chi connectivity index (χ2v) is 6.52. The van der Waals surface area contributed by atoms with Gasteiger partial charge in [0.2, 0.25) is 0 Å². The molecule has 0 amide bonds. The molecule has 0 spiro atoms. The van der Waals surface area contributed by atoms with Gasteiger partial charge in [0, 0.05) is 32.2 Å². The third kappa shape index (κ3) is 3.18. The fourth-order valence-corrected chi connectivity index (χ4v) is 4.02. The maximum absolute atomic E-state index is 5.50. The first kappa shape index (κ1) is 14.7. The molecule has 3 heteroatoms. The molecule has 3 nitrogen and oxygen atoms in total. The summed E-state index contributed by atoms with van der Waals surface area (Å²) in [7, 11) is 1.76. The summed E-state index contributed by atoms with van der Waals surface area (Å²) in [5.74, 6) is 1.87. The minimum absolute atomic E-state index is 0.818. The van der Waals surface area contributed by atoms with Crippen molar-refractivity contribution >= 4 is 5.69 Å². The first-order chi connectivity index (χ1) is 10.3. The van der Waals surface area contributed by atoms with Gasteiger partial charge in [-0.2, -0.15) is 0 Å². The SMILES string of the molecule is COc1ccccc1N1CCN([C@H]2CCCC[C@H]2C)CC1. The molecule has 0 unspecified atom stereocenters. The van der Waals surface area contributed by atoms with Gasteiger partial charge in [-0.3, -0.25) is 4.90 Å². The average molecular weight is 288 g/mol. The number of methoxy groups -OCH3 is 1. The first-order valence-electron chi connectivity index (χ1n) is 8.41. The van der Waals surface area contributed by atoms with Gasteiger partial charge >= 0.3 is 0 Å². The highest BCUT2D eigenvalue weighted by molar-refractivity contribution is 5.58. The van der Waals surface area contributed by atoms with Crippen molar-refractivity contribution in [3.05, 3.63) is 24.3 Å². The standard InChI is InChI=1S/C18H28N2O/c1-15-7-3-4-8-16(15)19-11-13-20(14-12-19)17-9-5-6-10-18(17)21-2/h5-6,9-10,15-16H,3-4,7-8,11-14H2,1-2H3/t15-,16+/m1/s1. The smallest absolute Gasteiger partial charge is 0.142 e. The molecule has 116 valence electrons. The van der Waals surface area contributed by atoms with E-state index in [1.807, 2.05) is 6.07 Å². The molecule has 2 fully saturated rings. The summed E-state index contributed by atoms with van der Waals surface area (Å²) >= 11 is 0. The number of rotatable bonds is 3. The number of benzene rings is 1. The lowest BCUT2D eigenvalue weighted by Gasteiger charge is -2.44. The van der Waals surface area contributed by atoms with Crippen LogP contribution in [0.15, 0.2) is 24.3 Å². The van der Waals surface area contributed by atoms with Crippen LogP contribution in [0.25, 0.3) is 0 Å². The van der Waals surface area contributed by atoms with Crippen LogP contribution in [0.3, 0.4) is 0 Å². The first-order valence-corrected chi connectivity index (χ1v) is 8.41. The van der Waals surface area contributed by atoms with Gasteiger partial charge in [-0.15, -0.1) is 0 Å². The molecule has 1 aromatic rings. The van der Waals surface area contributed by atoms with Crippen LogP contribution < -0.4 is 9.64 Å². The Bertz CT molecular complexity index is 454. The van der Waals surface area contributed by atoms with Crippen molar-refractivity contribution in [1.29, 1.82) is 0 Å². The van der Waals surface area contributed by atoms with Crippen LogP contribution in [0.4, 0.5) is 5.69 Å². The van der Waals surface area contributed by atoms with E-state index in [1.54, 1.807) is 7.11 Å². The molecular formula is C18H28N2O. The lowest BCUT2D eigenvalue weighted by molar-refractivity contribution is 0.105. The molecule has 1 saturated heterocycles. The molecule has 0 aromatic heterocycles. The normalized spacial score (nSPS) is 27.6. The van der Waals surface area contributed by atoms with Gasteiger partial charge in [-0.1, -0.05) is 31.9 Å². The van der Waals surface area contributed by atoms with Crippen molar-refractivity contribution in [2.45, 2.75) is 38.6 Å². The quantitative estimate of drug-likeness (QED) is 0.848. The zero-order valence-electron chi connectivity index (χ0n) is 13.4. The number of para-hydroxylation sites is 2. The van der Waals surface area contributed by atoms with Crippen LogP contribution >= 0.6 is 0 Å². The molecule has 3 rings (SSSR count). The van der Waals surface area contributed by atoms with E-state index in [4.69, 9.17) is 4.74 Å². The van der Waals surface area contributed by atoms with Crippen molar-refractivity contribution in [3.8, 4) is 5.75 Å². The Labute approximate surface area is 128 Å². The molecule has 1 aromatic carbocycles. The maximum Gasteiger partial charge on any atom is 0.142 e. The zero-order chi connectivity index (χ0) is 14.7. The highest BCUT2D eigenvalue weighted by Gasteiger charge is 2.30. The van der Waals surface area contributed by atoms with Crippen LogP contribution in [0.1, 0.15) is 32.6 Å². The van der Waals surface area contributed by atoms with Gasteiger partial charge in [0.15, 0.2) is 0 Å². The summed E-state index contributed by atoms with van der Waals surface area (Å²) in [6, 6.07) is 9.21. The molecule has 2 aliphatic rings. The Morgan fingerprint density at radius 1 is 1.00 bits per heavy atom. The van der Waals surface area contributed by atoms with Crippen LogP contribution in [0, 0.1) is 5.92 Å². The monoisotopic (exact) mass is 288 g/mol. The summed E-state index contributed by atoms with van der Waals surface area (Å²) in [5.41, 5.74) is 1.25. The largest absolute Gasteiger partial charge is 0.495 e. The van der Waals surface area contributed by atoms with Gasteiger partial charge in [-0.25, -0.2) is 0 Å². The van der Waals surface area contributed by atoms with Gasteiger partial charge < -0.3 is 9.64 Å². The predicted molar refractivity (Wildman–Crippen MR) is 88.2 cm³/mol. The minimum atomic E-state index is 0.818. The molecule has 0 N–H and O–H groups in total.